The van der Waals surface area contributed by atoms with E-state index in [0.29, 0.717) is 12.3 Å². The van der Waals surface area contributed by atoms with Gasteiger partial charge in [0, 0.05) is 6.42 Å². The van der Waals surface area contributed by atoms with Crippen LogP contribution in [0.4, 0.5) is 4.79 Å². The summed E-state index contributed by atoms with van der Waals surface area (Å²) in [7, 11) is 0. The zero-order valence-corrected chi connectivity index (χ0v) is 13.0. The third-order valence-electron chi connectivity index (χ3n) is 4.71. The van der Waals surface area contributed by atoms with Gasteiger partial charge in [-0.25, -0.2) is 4.98 Å². The van der Waals surface area contributed by atoms with Crippen LogP contribution in [-0.4, -0.2) is 31.1 Å². The molecule has 0 radical (unpaired) electrons. The first-order chi connectivity index (χ1) is 11.1. The number of imidazole rings is 1. The minimum Gasteiger partial charge on any atom is -0.435 e. The van der Waals surface area contributed by atoms with Crippen molar-refractivity contribution in [2.45, 2.75) is 26.3 Å². The Balaban J connectivity index is 2.13. The smallest absolute Gasteiger partial charge is 0.435 e. The van der Waals surface area contributed by atoms with Crippen LogP contribution in [0.25, 0.3) is 5.69 Å². The number of hydrogen-bond acceptors (Lipinski definition) is 3. The molecule has 116 valence electrons. The third kappa shape index (κ3) is 1.64. The minimum atomic E-state index is -0.925. The van der Waals surface area contributed by atoms with Gasteiger partial charge in [0.2, 0.25) is 0 Å². The predicted octanol–water partition coefficient (Wildman–Crippen LogP) is 3.37. The van der Waals surface area contributed by atoms with E-state index in [0.717, 1.165) is 22.5 Å². The largest absolute Gasteiger partial charge is 0.525 e. The first-order valence-electron chi connectivity index (χ1n) is 7.61. The lowest BCUT2D eigenvalue weighted by Crippen LogP contribution is -2.52. The van der Waals surface area contributed by atoms with E-state index in [1.54, 1.807) is 24.9 Å². The van der Waals surface area contributed by atoms with Gasteiger partial charge in [0.25, 0.3) is 5.84 Å². The van der Waals surface area contributed by atoms with Crippen LogP contribution in [0.5, 0.6) is 0 Å². The average Bonchev–Trinajstić information content (AvgIpc) is 3.15. The standard InChI is InChI=1S/C17H16N4O2/c1-3-15-14-9-18-10-20(14)13-8-11(2)4-5-12(13)16-19-6-7-21(15,16)17(22)23/h4-10,15H,3H2,1-2H3/p+1. The van der Waals surface area contributed by atoms with Crippen molar-refractivity contribution >= 4 is 11.9 Å². The van der Waals surface area contributed by atoms with Crippen molar-refractivity contribution in [3.05, 3.63) is 59.9 Å². The molecule has 1 amide bonds. The number of aliphatic imine (C=N–C) groups is 1. The van der Waals surface area contributed by atoms with Gasteiger partial charge in [0.1, 0.15) is 11.9 Å². The van der Waals surface area contributed by atoms with Crippen LogP contribution < -0.4 is 0 Å². The molecule has 6 heteroatoms. The lowest BCUT2D eigenvalue weighted by Gasteiger charge is -2.31. The second-order valence-corrected chi connectivity index (χ2v) is 5.94. The van der Waals surface area contributed by atoms with E-state index in [4.69, 9.17) is 0 Å². The molecule has 0 aliphatic carbocycles. The molecule has 0 fully saturated rings. The maximum Gasteiger partial charge on any atom is 0.525 e. The highest BCUT2D eigenvalue weighted by molar-refractivity contribution is 6.03. The number of quaternary nitrogens is 1. The SMILES string of the molecule is CCC1c2cncn2-c2cc(C)ccc2C2=NC=C[N+]21C(=O)O. The summed E-state index contributed by atoms with van der Waals surface area (Å²) in [5, 5.41) is 10.1. The van der Waals surface area contributed by atoms with Crippen LogP contribution in [0.3, 0.4) is 0 Å². The Morgan fingerprint density at radius 1 is 1.43 bits per heavy atom. The summed E-state index contributed by atoms with van der Waals surface area (Å²) in [5.41, 5.74) is 3.76. The predicted molar refractivity (Wildman–Crippen MR) is 85.3 cm³/mol. The van der Waals surface area contributed by atoms with E-state index >= 15 is 0 Å². The molecule has 0 spiro atoms. The quantitative estimate of drug-likeness (QED) is 0.821. The van der Waals surface area contributed by atoms with E-state index < -0.39 is 6.09 Å². The molecular weight excluding hydrogens is 292 g/mol. The monoisotopic (exact) mass is 309 g/mol. The van der Waals surface area contributed by atoms with Gasteiger partial charge in [-0.1, -0.05) is 13.0 Å². The van der Waals surface area contributed by atoms with Crippen molar-refractivity contribution in [3.8, 4) is 5.69 Å². The van der Waals surface area contributed by atoms with Crippen LogP contribution in [-0.2, 0) is 0 Å². The number of fused-ring (bicyclic) bond motifs is 5. The molecule has 2 atom stereocenters. The first-order valence-corrected chi connectivity index (χ1v) is 7.61. The summed E-state index contributed by atoms with van der Waals surface area (Å²) in [6.07, 6.45) is 6.51. The van der Waals surface area contributed by atoms with Crippen LogP contribution in [0.15, 0.2) is 48.1 Å². The van der Waals surface area contributed by atoms with Crippen molar-refractivity contribution in [1.82, 2.24) is 9.55 Å². The minimum absolute atomic E-state index is 0.278. The molecule has 1 aromatic carbocycles. The third-order valence-corrected chi connectivity index (χ3v) is 4.71. The Hall–Kier alpha value is -2.73. The molecule has 0 saturated heterocycles. The maximum atomic E-state index is 12.3. The van der Waals surface area contributed by atoms with Gasteiger partial charge in [-0.3, -0.25) is 4.57 Å². The zero-order chi connectivity index (χ0) is 16.2. The Labute approximate surface area is 133 Å². The van der Waals surface area contributed by atoms with Crippen LogP contribution in [0.2, 0.25) is 0 Å². The summed E-state index contributed by atoms with van der Waals surface area (Å²) in [6.45, 7) is 4.02. The Morgan fingerprint density at radius 2 is 2.26 bits per heavy atom. The highest BCUT2D eigenvalue weighted by Crippen LogP contribution is 2.42. The zero-order valence-electron chi connectivity index (χ0n) is 13.0. The number of aryl methyl sites for hydroxylation is 1. The summed E-state index contributed by atoms with van der Waals surface area (Å²) in [6, 6.07) is 5.71. The van der Waals surface area contributed by atoms with Gasteiger partial charge in [-0.15, -0.1) is 4.48 Å². The van der Waals surface area contributed by atoms with E-state index in [1.165, 1.54) is 0 Å². The second kappa shape index (κ2) is 4.63. The topological polar surface area (TPSA) is 67.5 Å². The molecule has 1 aromatic heterocycles. The fourth-order valence-corrected chi connectivity index (χ4v) is 3.67. The first kappa shape index (κ1) is 13.9. The maximum absolute atomic E-state index is 12.3. The van der Waals surface area contributed by atoms with Gasteiger partial charge in [0.05, 0.1) is 30.0 Å². The molecule has 0 saturated carbocycles. The number of benzene rings is 1. The van der Waals surface area contributed by atoms with Gasteiger partial charge < -0.3 is 5.11 Å². The Kier molecular flexibility index (Phi) is 2.80. The fraction of sp³-hybridized carbons (Fsp3) is 0.235. The second-order valence-electron chi connectivity index (χ2n) is 5.94. The molecule has 3 heterocycles. The van der Waals surface area contributed by atoms with Crippen LogP contribution in [0.1, 0.15) is 36.2 Å². The number of amidine groups is 1. The van der Waals surface area contributed by atoms with Crippen molar-refractivity contribution in [1.29, 1.82) is 0 Å². The average molecular weight is 309 g/mol. The lowest BCUT2D eigenvalue weighted by atomic mass is 10.1. The molecule has 23 heavy (non-hydrogen) atoms. The molecule has 2 aliphatic heterocycles. The van der Waals surface area contributed by atoms with Crippen LogP contribution in [0, 0.1) is 6.92 Å². The number of carbonyl (C=O) groups is 1. The molecule has 0 bridgehead atoms. The lowest BCUT2D eigenvalue weighted by molar-refractivity contribution is -0.745. The van der Waals surface area contributed by atoms with Gasteiger partial charge in [0.15, 0.2) is 6.04 Å². The fourth-order valence-electron chi connectivity index (χ4n) is 3.67. The van der Waals surface area contributed by atoms with Crippen molar-refractivity contribution in [2.75, 3.05) is 0 Å². The number of hydrogen-bond donors (Lipinski definition) is 1. The number of amides is 1. The molecule has 2 unspecified atom stereocenters. The van der Waals surface area contributed by atoms with E-state index in [1.807, 2.05) is 30.5 Å². The van der Waals surface area contributed by atoms with Gasteiger partial charge in [-0.2, -0.15) is 9.79 Å². The van der Waals surface area contributed by atoms with E-state index in [-0.39, 0.29) is 10.5 Å². The highest BCUT2D eigenvalue weighted by atomic mass is 16.4. The molecule has 4 rings (SSSR count). The molecular formula is C17H17N4O2+. The van der Waals surface area contributed by atoms with Crippen molar-refractivity contribution in [2.24, 2.45) is 4.99 Å². The summed E-state index contributed by atoms with van der Waals surface area (Å²) in [5.74, 6) is 0.558. The van der Waals surface area contributed by atoms with Crippen LogP contribution >= 0.6 is 0 Å². The van der Waals surface area contributed by atoms with E-state index in [9.17, 15) is 9.90 Å². The summed E-state index contributed by atoms with van der Waals surface area (Å²) < 4.78 is 1.69. The number of nitrogens with zero attached hydrogens (tertiary/aromatic N) is 4. The summed E-state index contributed by atoms with van der Waals surface area (Å²) >= 11 is 0. The number of carboxylic acid groups (broad SMARTS) is 1. The van der Waals surface area contributed by atoms with Crippen molar-refractivity contribution < 1.29 is 14.4 Å². The normalized spacial score (nSPS) is 24.4. The van der Waals surface area contributed by atoms with Crippen molar-refractivity contribution in [3.63, 3.8) is 0 Å². The molecule has 1 N–H and O–H groups in total. The Morgan fingerprint density at radius 3 is 3.00 bits per heavy atom. The van der Waals surface area contributed by atoms with E-state index in [2.05, 4.69) is 16.0 Å². The number of aromatic nitrogens is 2. The molecule has 2 aliphatic rings. The summed E-state index contributed by atoms with van der Waals surface area (Å²) in [4.78, 5) is 21.0. The number of rotatable bonds is 1. The molecule has 6 nitrogen and oxygen atoms in total. The Bertz CT molecular complexity index is 880. The van der Waals surface area contributed by atoms with Gasteiger partial charge >= 0.3 is 6.09 Å². The molecule has 2 aromatic rings. The highest BCUT2D eigenvalue weighted by Gasteiger charge is 2.54. The van der Waals surface area contributed by atoms with Gasteiger partial charge in [-0.05, 0) is 24.6 Å².